The zero-order chi connectivity index (χ0) is 11.8. The molecule has 0 bridgehead atoms. The first-order valence-electron chi connectivity index (χ1n) is 6.17. The fourth-order valence-electron chi connectivity index (χ4n) is 2.52. The fraction of sp³-hybridized carbons (Fsp3) is 0.538. The fourth-order valence-corrected chi connectivity index (χ4v) is 2.70. The van der Waals surface area contributed by atoms with Crippen molar-refractivity contribution in [2.45, 2.75) is 31.4 Å². The van der Waals surface area contributed by atoms with Gasteiger partial charge in [0.25, 0.3) is 0 Å². The standard InChI is InChI=1S/C13H17ClN2O/c14-9-3-4-11(10(15)7-9)16-12-5-6-17-13(12)8-1-2-8/h3-4,7-8,12-13,16H,1-2,5-6,15H2. The molecule has 4 heteroatoms. The molecular weight excluding hydrogens is 236 g/mol. The number of hydrogen-bond acceptors (Lipinski definition) is 3. The highest BCUT2D eigenvalue weighted by Gasteiger charge is 2.40. The summed E-state index contributed by atoms with van der Waals surface area (Å²) < 4.78 is 5.80. The predicted octanol–water partition coefficient (Wildman–Crippen LogP) is 2.90. The Kier molecular flexibility index (Phi) is 2.89. The van der Waals surface area contributed by atoms with Crippen LogP contribution < -0.4 is 11.1 Å². The van der Waals surface area contributed by atoms with Crippen LogP contribution in [0, 0.1) is 5.92 Å². The topological polar surface area (TPSA) is 47.3 Å². The minimum Gasteiger partial charge on any atom is -0.397 e. The van der Waals surface area contributed by atoms with E-state index in [1.807, 2.05) is 12.1 Å². The van der Waals surface area contributed by atoms with Crippen molar-refractivity contribution in [2.24, 2.45) is 5.92 Å². The highest BCUT2D eigenvalue weighted by atomic mass is 35.5. The second kappa shape index (κ2) is 4.39. The minimum absolute atomic E-state index is 0.366. The Morgan fingerprint density at radius 2 is 2.12 bits per heavy atom. The van der Waals surface area contributed by atoms with Gasteiger partial charge in [-0.05, 0) is 43.4 Å². The van der Waals surface area contributed by atoms with Crippen LogP contribution in [-0.4, -0.2) is 18.8 Å². The van der Waals surface area contributed by atoms with Crippen LogP contribution in [0.5, 0.6) is 0 Å². The van der Waals surface area contributed by atoms with Crippen molar-refractivity contribution in [2.75, 3.05) is 17.7 Å². The summed E-state index contributed by atoms with van der Waals surface area (Å²) in [7, 11) is 0. The lowest BCUT2D eigenvalue weighted by atomic mass is 10.1. The Morgan fingerprint density at radius 1 is 1.29 bits per heavy atom. The molecule has 0 aromatic heterocycles. The Morgan fingerprint density at radius 3 is 2.82 bits per heavy atom. The summed E-state index contributed by atoms with van der Waals surface area (Å²) >= 11 is 5.89. The van der Waals surface area contributed by atoms with Gasteiger partial charge in [-0.15, -0.1) is 0 Å². The zero-order valence-electron chi connectivity index (χ0n) is 9.66. The molecule has 17 heavy (non-hydrogen) atoms. The largest absolute Gasteiger partial charge is 0.397 e. The summed E-state index contributed by atoms with van der Waals surface area (Å²) in [6.45, 7) is 0.853. The summed E-state index contributed by atoms with van der Waals surface area (Å²) in [5, 5.41) is 4.17. The average Bonchev–Trinajstić information content (AvgIpc) is 3.03. The Labute approximate surface area is 106 Å². The summed E-state index contributed by atoms with van der Waals surface area (Å²) in [6.07, 6.45) is 4.03. The number of benzene rings is 1. The van der Waals surface area contributed by atoms with Gasteiger partial charge in [-0.25, -0.2) is 0 Å². The number of hydrogen-bond donors (Lipinski definition) is 2. The lowest BCUT2D eigenvalue weighted by molar-refractivity contribution is 0.0898. The van der Waals surface area contributed by atoms with Gasteiger partial charge >= 0.3 is 0 Å². The van der Waals surface area contributed by atoms with E-state index in [4.69, 9.17) is 22.1 Å². The number of nitrogens with two attached hydrogens (primary N) is 1. The molecule has 1 saturated carbocycles. The molecule has 1 aliphatic heterocycles. The van der Waals surface area contributed by atoms with E-state index in [0.29, 0.717) is 22.9 Å². The molecule has 3 N–H and O–H groups in total. The Hall–Kier alpha value is -0.930. The van der Waals surface area contributed by atoms with Crippen LogP contribution in [0.3, 0.4) is 0 Å². The first-order chi connectivity index (χ1) is 8.24. The molecule has 2 fully saturated rings. The minimum atomic E-state index is 0.366. The van der Waals surface area contributed by atoms with Crippen LogP contribution >= 0.6 is 11.6 Å². The molecule has 0 radical (unpaired) electrons. The zero-order valence-corrected chi connectivity index (χ0v) is 10.4. The van der Waals surface area contributed by atoms with Gasteiger partial charge in [0.15, 0.2) is 0 Å². The van der Waals surface area contributed by atoms with Gasteiger partial charge in [-0.1, -0.05) is 11.6 Å². The summed E-state index contributed by atoms with van der Waals surface area (Å²) in [4.78, 5) is 0. The predicted molar refractivity (Wildman–Crippen MR) is 70.4 cm³/mol. The van der Waals surface area contributed by atoms with E-state index >= 15 is 0 Å². The number of nitrogens with one attached hydrogen (secondary N) is 1. The van der Waals surface area contributed by atoms with Gasteiger partial charge in [-0.2, -0.15) is 0 Å². The summed E-state index contributed by atoms with van der Waals surface area (Å²) in [5.74, 6) is 0.753. The molecule has 3 nitrogen and oxygen atoms in total. The maximum absolute atomic E-state index is 5.95. The van der Waals surface area contributed by atoms with E-state index in [0.717, 1.165) is 24.6 Å². The van der Waals surface area contributed by atoms with Crippen LogP contribution in [0.2, 0.25) is 5.02 Å². The highest BCUT2D eigenvalue weighted by Crippen LogP contribution is 2.40. The molecule has 2 unspecified atom stereocenters. The SMILES string of the molecule is Nc1cc(Cl)ccc1NC1CCOC1C1CC1. The maximum atomic E-state index is 5.95. The molecule has 2 atom stereocenters. The first kappa shape index (κ1) is 11.2. The molecule has 2 aliphatic rings. The van der Waals surface area contributed by atoms with Crippen LogP contribution in [0.1, 0.15) is 19.3 Å². The summed E-state index contributed by atoms with van der Waals surface area (Å²) in [5.41, 5.74) is 7.62. The number of nitrogen functional groups attached to an aromatic ring is 1. The molecule has 1 aromatic carbocycles. The number of halogens is 1. The molecule has 1 saturated heterocycles. The van der Waals surface area contributed by atoms with E-state index in [1.165, 1.54) is 12.8 Å². The average molecular weight is 253 g/mol. The van der Waals surface area contributed by atoms with Gasteiger partial charge < -0.3 is 15.8 Å². The molecular formula is C13H17ClN2O. The maximum Gasteiger partial charge on any atom is 0.0804 e. The monoisotopic (exact) mass is 252 g/mol. The number of ether oxygens (including phenoxy) is 1. The lowest BCUT2D eigenvalue weighted by Crippen LogP contribution is -2.31. The van der Waals surface area contributed by atoms with E-state index < -0.39 is 0 Å². The van der Waals surface area contributed by atoms with Crippen molar-refractivity contribution < 1.29 is 4.74 Å². The second-order valence-corrected chi connectivity index (χ2v) is 5.38. The molecule has 0 spiro atoms. The van der Waals surface area contributed by atoms with E-state index in [9.17, 15) is 0 Å². The van der Waals surface area contributed by atoms with Crippen molar-refractivity contribution in [3.05, 3.63) is 23.2 Å². The molecule has 1 heterocycles. The summed E-state index contributed by atoms with van der Waals surface area (Å²) in [6, 6.07) is 5.99. The third-order valence-corrected chi connectivity index (χ3v) is 3.81. The van der Waals surface area contributed by atoms with E-state index in [-0.39, 0.29) is 0 Å². The van der Waals surface area contributed by atoms with Gasteiger partial charge in [0, 0.05) is 11.6 Å². The third-order valence-electron chi connectivity index (χ3n) is 3.58. The lowest BCUT2D eigenvalue weighted by Gasteiger charge is -2.21. The molecule has 1 aromatic rings. The van der Waals surface area contributed by atoms with Gasteiger partial charge in [0.05, 0.1) is 23.5 Å². The third kappa shape index (κ3) is 2.35. The Bertz CT molecular complexity index is 420. The van der Waals surface area contributed by atoms with Crippen molar-refractivity contribution in [3.63, 3.8) is 0 Å². The van der Waals surface area contributed by atoms with E-state index in [1.54, 1.807) is 6.07 Å². The van der Waals surface area contributed by atoms with E-state index in [2.05, 4.69) is 5.32 Å². The normalized spacial score (nSPS) is 28.3. The smallest absolute Gasteiger partial charge is 0.0804 e. The van der Waals surface area contributed by atoms with Gasteiger partial charge in [0.1, 0.15) is 0 Å². The van der Waals surface area contributed by atoms with Crippen molar-refractivity contribution in [3.8, 4) is 0 Å². The van der Waals surface area contributed by atoms with Gasteiger partial charge in [-0.3, -0.25) is 0 Å². The van der Waals surface area contributed by atoms with Crippen molar-refractivity contribution in [1.29, 1.82) is 0 Å². The number of rotatable bonds is 3. The van der Waals surface area contributed by atoms with Crippen LogP contribution in [0.4, 0.5) is 11.4 Å². The van der Waals surface area contributed by atoms with Gasteiger partial charge in [0.2, 0.25) is 0 Å². The molecule has 1 aliphatic carbocycles. The van der Waals surface area contributed by atoms with Crippen LogP contribution in [0.15, 0.2) is 18.2 Å². The number of anilines is 2. The van der Waals surface area contributed by atoms with Crippen LogP contribution in [-0.2, 0) is 4.74 Å². The second-order valence-electron chi connectivity index (χ2n) is 4.94. The highest BCUT2D eigenvalue weighted by molar-refractivity contribution is 6.31. The first-order valence-corrected chi connectivity index (χ1v) is 6.55. The molecule has 3 rings (SSSR count). The Balaban J connectivity index is 1.72. The molecule has 0 amide bonds. The van der Waals surface area contributed by atoms with Crippen molar-refractivity contribution >= 4 is 23.0 Å². The quantitative estimate of drug-likeness (QED) is 0.814. The molecule has 92 valence electrons. The van der Waals surface area contributed by atoms with Crippen LogP contribution in [0.25, 0.3) is 0 Å². The van der Waals surface area contributed by atoms with Crippen molar-refractivity contribution in [1.82, 2.24) is 0 Å².